The lowest BCUT2D eigenvalue weighted by molar-refractivity contribution is -0.158. The van der Waals surface area contributed by atoms with Gasteiger partial charge >= 0.3 is 17.9 Å². The Hall–Kier alpha value is -2.96. The van der Waals surface area contributed by atoms with Gasteiger partial charge in [0.15, 0.2) is 0 Å². The molecule has 0 spiro atoms. The highest BCUT2D eigenvalue weighted by Crippen LogP contribution is 2.29. The van der Waals surface area contributed by atoms with Crippen LogP contribution in [0.3, 0.4) is 0 Å². The summed E-state index contributed by atoms with van der Waals surface area (Å²) in [6.45, 7) is 23.2. The number of amides is 2. The van der Waals surface area contributed by atoms with E-state index in [2.05, 4.69) is 30.3 Å². The van der Waals surface area contributed by atoms with E-state index in [1.54, 1.807) is 27.8 Å². The third-order valence-corrected chi connectivity index (χ3v) is 10.9. The number of carbonyl (C=O) groups is 5. The predicted octanol–water partition coefficient (Wildman–Crippen LogP) is 4.25. The van der Waals surface area contributed by atoms with Gasteiger partial charge in [0.1, 0.15) is 21.8 Å². The molecule has 2 N–H and O–H groups in total. The molecule has 59 heavy (non-hydrogen) atoms. The van der Waals surface area contributed by atoms with Crippen LogP contribution in [0.25, 0.3) is 0 Å². The lowest BCUT2D eigenvalue weighted by Gasteiger charge is -2.34. The third-order valence-electron chi connectivity index (χ3n) is 8.59. The fourth-order valence-corrected chi connectivity index (χ4v) is 7.83. The number of carbonyl (C=O) groups excluding carboxylic acids is 5. The van der Waals surface area contributed by atoms with E-state index in [0.29, 0.717) is 84.0 Å². The molecular formula is C42H73N7O8S2. The number of aromatic nitrogens is 1. The first-order valence-electron chi connectivity index (χ1n) is 20.9. The molecule has 0 aliphatic carbocycles. The lowest BCUT2D eigenvalue weighted by Crippen LogP contribution is -2.49. The average Bonchev–Trinajstić information content (AvgIpc) is 3.10. The first kappa shape index (κ1) is 52.2. The van der Waals surface area contributed by atoms with Gasteiger partial charge < -0.3 is 29.7 Å². The molecule has 2 rings (SSSR count). The number of hydrogen-bond donors (Lipinski definition) is 2. The molecule has 1 aromatic heterocycles. The number of nitrogens with one attached hydrogen (secondary N) is 2. The van der Waals surface area contributed by atoms with Crippen LogP contribution in [0.1, 0.15) is 94.4 Å². The second kappa shape index (κ2) is 27.1. The molecule has 1 aromatic rings. The summed E-state index contributed by atoms with van der Waals surface area (Å²) in [5.41, 5.74) is -1.84. The van der Waals surface area contributed by atoms with Crippen LogP contribution in [0.5, 0.6) is 0 Å². The molecule has 1 aliphatic rings. The largest absolute Gasteiger partial charge is 0.459 e. The Labute approximate surface area is 361 Å². The van der Waals surface area contributed by atoms with E-state index in [0.717, 1.165) is 30.8 Å². The molecule has 2 amide bonds. The van der Waals surface area contributed by atoms with Crippen molar-refractivity contribution in [3.8, 4) is 0 Å². The van der Waals surface area contributed by atoms with Crippen molar-refractivity contribution in [1.29, 1.82) is 0 Å². The number of nitrogens with zero attached hydrogens (tertiary/aromatic N) is 5. The van der Waals surface area contributed by atoms with Crippen molar-refractivity contribution in [3.63, 3.8) is 0 Å². The predicted molar refractivity (Wildman–Crippen MR) is 235 cm³/mol. The van der Waals surface area contributed by atoms with Crippen LogP contribution in [0, 0.1) is 0 Å². The fraction of sp³-hybridized carbons (Fsp3) is 0.762. The topological polar surface area (TPSA) is 163 Å². The summed E-state index contributed by atoms with van der Waals surface area (Å²) >= 11 is 0. The molecule has 15 nitrogen and oxygen atoms in total. The Kier molecular flexibility index (Phi) is 24.0. The maximum atomic E-state index is 13.0. The molecule has 1 fully saturated rings. The van der Waals surface area contributed by atoms with Gasteiger partial charge in [-0.1, -0.05) is 23.3 Å². The van der Waals surface area contributed by atoms with Crippen molar-refractivity contribution in [2.45, 2.75) is 116 Å². The maximum absolute atomic E-state index is 13.0. The first-order chi connectivity index (χ1) is 27.7. The normalized spacial score (nSPS) is 16.0. The average molecular weight is 868 g/mol. The Morgan fingerprint density at radius 3 is 1.42 bits per heavy atom. The van der Waals surface area contributed by atoms with E-state index in [1.807, 2.05) is 85.4 Å². The quantitative estimate of drug-likeness (QED) is 0.0828. The van der Waals surface area contributed by atoms with Gasteiger partial charge in [-0.15, -0.1) is 0 Å². The van der Waals surface area contributed by atoms with E-state index in [9.17, 15) is 24.0 Å². The molecule has 0 unspecified atom stereocenters. The summed E-state index contributed by atoms with van der Waals surface area (Å²) in [4.78, 5) is 76.4. The first-order valence-corrected chi connectivity index (χ1v) is 23.3. The van der Waals surface area contributed by atoms with Crippen molar-refractivity contribution < 1.29 is 38.2 Å². The Morgan fingerprint density at radius 1 is 0.593 bits per heavy atom. The minimum Gasteiger partial charge on any atom is -0.459 e. The van der Waals surface area contributed by atoms with Crippen molar-refractivity contribution in [2.75, 3.05) is 97.4 Å². The molecule has 0 aromatic carbocycles. The van der Waals surface area contributed by atoms with Gasteiger partial charge in [-0.3, -0.25) is 38.7 Å². The zero-order valence-electron chi connectivity index (χ0n) is 37.3. The number of rotatable bonds is 20. The molecule has 17 heteroatoms. The van der Waals surface area contributed by atoms with Gasteiger partial charge in [0.05, 0.1) is 19.6 Å². The third kappa shape index (κ3) is 28.2. The van der Waals surface area contributed by atoms with E-state index in [1.165, 1.54) is 0 Å². The number of unbranched alkanes of at least 4 members (excludes halogenated alkanes) is 2. The van der Waals surface area contributed by atoms with Gasteiger partial charge in [0, 0.05) is 90.2 Å². The molecule has 1 aliphatic heterocycles. The van der Waals surface area contributed by atoms with Crippen LogP contribution in [0.4, 0.5) is 0 Å². The van der Waals surface area contributed by atoms with E-state index >= 15 is 0 Å². The number of esters is 3. The number of ether oxygens (including phenoxy) is 3. The summed E-state index contributed by atoms with van der Waals surface area (Å²) in [5, 5.41) is 6.67. The molecular weight excluding hydrogens is 795 g/mol. The van der Waals surface area contributed by atoms with Crippen LogP contribution in [-0.2, 0) is 38.2 Å². The molecule has 0 atom stereocenters. The van der Waals surface area contributed by atoms with E-state index < -0.39 is 16.8 Å². The molecule has 0 bridgehead atoms. The standard InChI is InChI=1S/C42H73N7O8S2/c1-40(2,3)55-37(52)31-47-24-22-46(21-14-10-11-15-34(50)43-19-20-44-35(51)17-30-58-59-36-16-12-13-18-45-36)23-25-48(32-38(53)56-41(4,5)6)27-29-49(28-26-47)33-39(54)57-42(7,8)9/h12-13,16,18H,10-11,14-15,17,19-33H2,1-9H3,(H,43,50)(H,44,51). The highest BCUT2D eigenvalue weighted by Gasteiger charge is 2.25. The van der Waals surface area contributed by atoms with Crippen molar-refractivity contribution >= 4 is 51.3 Å². The number of hydrogen-bond acceptors (Lipinski definition) is 15. The van der Waals surface area contributed by atoms with Crippen molar-refractivity contribution in [3.05, 3.63) is 24.4 Å². The molecule has 336 valence electrons. The van der Waals surface area contributed by atoms with Gasteiger partial charge in [0.25, 0.3) is 0 Å². The van der Waals surface area contributed by atoms with Crippen molar-refractivity contribution in [1.82, 2.24) is 35.2 Å². The van der Waals surface area contributed by atoms with Gasteiger partial charge in [-0.2, -0.15) is 0 Å². The minimum atomic E-state index is -0.619. The zero-order chi connectivity index (χ0) is 43.9. The fourth-order valence-electron chi connectivity index (χ4n) is 5.96. The zero-order valence-corrected chi connectivity index (χ0v) is 38.9. The second-order valence-corrected chi connectivity index (χ2v) is 20.2. The van der Waals surface area contributed by atoms with Gasteiger partial charge in [-0.25, -0.2) is 4.98 Å². The summed E-state index contributed by atoms with van der Waals surface area (Å²) in [6, 6.07) is 5.73. The Bertz CT molecular complexity index is 1370. The van der Waals surface area contributed by atoms with E-state index in [4.69, 9.17) is 14.2 Å². The summed E-state index contributed by atoms with van der Waals surface area (Å²) in [6.07, 6.45) is 5.02. The molecule has 1 saturated heterocycles. The van der Waals surface area contributed by atoms with Crippen molar-refractivity contribution in [2.24, 2.45) is 0 Å². The summed E-state index contributed by atoms with van der Waals surface area (Å²) in [5.74, 6) is -0.343. The Balaban J connectivity index is 1.93. The lowest BCUT2D eigenvalue weighted by atomic mass is 10.1. The van der Waals surface area contributed by atoms with E-state index in [-0.39, 0.29) is 49.4 Å². The monoisotopic (exact) mass is 867 g/mol. The minimum absolute atomic E-state index is 0.0378. The maximum Gasteiger partial charge on any atom is 0.320 e. The highest BCUT2D eigenvalue weighted by molar-refractivity contribution is 8.76. The van der Waals surface area contributed by atoms with Gasteiger partial charge in [0.2, 0.25) is 11.8 Å². The van der Waals surface area contributed by atoms with Crippen LogP contribution >= 0.6 is 21.6 Å². The van der Waals surface area contributed by atoms with Gasteiger partial charge in [-0.05, 0) is 105 Å². The van der Waals surface area contributed by atoms with Crippen LogP contribution in [-0.4, -0.2) is 168 Å². The highest BCUT2D eigenvalue weighted by atomic mass is 33.1. The smallest absolute Gasteiger partial charge is 0.320 e. The molecule has 2 heterocycles. The summed E-state index contributed by atoms with van der Waals surface area (Å²) in [7, 11) is 3.13. The van der Waals surface area contributed by atoms with Crippen LogP contribution in [0.15, 0.2) is 29.4 Å². The molecule has 0 saturated carbocycles. The molecule has 0 radical (unpaired) electrons. The Morgan fingerprint density at radius 2 is 1.02 bits per heavy atom. The summed E-state index contributed by atoms with van der Waals surface area (Å²) < 4.78 is 17.0. The second-order valence-electron chi connectivity index (χ2n) is 17.8. The SMILES string of the molecule is CC(C)(C)OC(=O)CN1CCN(CCCCCC(=O)NCCNC(=O)CCSSc2ccccn2)CCN(CC(=O)OC(C)(C)C)CCN(CC(=O)OC(C)(C)C)CC1. The number of pyridine rings is 1. The van der Waals surface area contributed by atoms with Crippen LogP contribution < -0.4 is 10.6 Å². The van der Waals surface area contributed by atoms with Crippen LogP contribution in [0.2, 0.25) is 0 Å².